The minimum atomic E-state index is 0.282. The van der Waals surface area contributed by atoms with E-state index >= 15 is 0 Å². The number of piperidine rings is 1. The summed E-state index contributed by atoms with van der Waals surface area (Å²) < 4.78 is 5.72. The topological polar surface area (TPSA) is 49.5 Å². The van der Waals surface area contributed by atoms with Crippen molar-refractivity contribution in [3.05, 3.63) is 30.2 Å². The molecule has 1 aromatic carbocycles. The quantitative estimate of drug-likeness (QED) is 0.900. The molecule has 1 aromatic heterocycles. The molecule has 0 spiro atoms. The van der Waals surface area contributed by atoms with Gasteiger partial charge in [-0.15, -0.1) is 0 Å². The first-order valence-corrected chi connectivity index (χ1v) is 6.53. The molecule has 1 unspecified atom stereocenters. The van der Waals surface area contributed by atoms with Crippen LogP contribution < -0.4 is 0 Å². The van der Waals surface area contributed by atoms with Gasteiger partial charge in [-0.3, -0.25) is 4.90 Å². The predicted molar refractivity (Wildman–Crippen MR) is 69.1 cm³/mol. The Hall–Kier alpha value is -1.39. The lowest BCUT2D eigenvalue weighted by atomic mass is 9.99. The van der Waals surface area contributed by atoms with Crippen molar-refractivity contribution < 1.29 is 9.52 Å². The van der Waals surface area contributed by atoms with Gasteiger partial charge in [0.25, 0.3) is 0 Å². The molecule has 1 aliphatic heterocycles. The van der Waals surface area contributed by atoms with E-state index in [0.717, 1.165) is 49.5 Å². The number of likely N-dealkylation sites (tertiary alicyclic amines) is 1. The van der Waals surface area contributed by atoms with Gasteiger partial charge in [-0.1, -0.05) is 12.1 Å². The Kier molecular flexibility index (Phi) is 3.30. The summed E-state index contributed by atoms with van der Waals surface area (Å²) in [5.74, 6) is 1.18. The van der Waals surface area contributed by atoms with Crippen LogP contribution in [-0.4, -0.2) is 34.7 Å². The third-order valence-electron chi connectivity index (χ3n) is 3.56. The normalized spacial score (nSPS) is 21.5. The van der Waals surface area contributed by atoms with E-state index < -0.39 is 0 Å². The molecule has 0 saturated carbocycles. The zero-order valence-corrected chi connectivity index (χ0v) is 10.4. The van der Waals surface area contributed by atoms with Crippen molar-refractivity contribution in [2.24, 2.45) is 5.92 Å². The molecule has 1 aliphatic rings. The molecule has 0 bridgehead atoms. The largest absolute Gasteiger partial charge is 0.439 e. The minimum absolute atomic E-state index is 0.282. The van der Waals surface area contributed by atoms with E-state index in [1.807, 2.05) is 24.3 Å². The zero-order valence-electron chi connectivity index (χ0n) is 10.4. The van der Waals surface area contributed by atoms with Gasteiger partial charge in [0.2, 0.25) is 5.89 Å². The molecule has 4 heteroatoms. The van der Waals surface area contributed by atoms with Crippen molar-refractivity contribution in [3.63, 3.8) is 0 Å². The molecule has 2 heterocycles. The van der Waals surface area contributed by atoms with Crippen molar-refractivity contribution >= 4 is 11.1 Å². The summed E-state index contributed by atoms with van der Waals surface area (Å²) in [7, 11) is 0. The summed E-state index contributed by atoms with van der Waals surface area (Å²) in [5.41, 5.74) is 1.77. The van der Waals surface area contributed by atoms with Crippen LogP contribution in [0.15, 0.2) is 28.7 Å². The van der Waals surface area contributed by atoms with Crippen molar-refractivity contribution in [2.45, 2.75) is 19.4 Å². The van der Waals surface area contributed by atoms with Crippen LogP contribution in [-0.2, 0) is 6.54 Å². The molecule has 1 N–H and O–H groups in total. The van der Waals surface area contributed by atoms with Gasteiger partial charge in [0.15, 0.2) is 5.58 Å². The monoisotopic (exact) mass is 246 g/mol. The Morgan fingerprint density at radius 1 is 1.39 bits per heavy atom. The predicted octanol–water partition coefficient (Wildman–Crippen LogP) is 2.03. The molecule has 3 rings (SSSR count). The lowest BCUT2D eigenvalue weighted by molar-refractivity contribution is 0.109. The van der Waals surface area contributed by atoms with Gasteiger partial charge in [0, 0.05) is 13.2 Å². The number of nitrogens with zero attached hydrogens (tertiary/aromatic N) is 2. The van der Waals surface area contributed by atoms with Crippen LogP contribution in [0.25, 0.3) is 11.1 Å². The molecule has 1 fully saturated rings. The number of rotatable bonds is 3. The number of aliphatic hydroxyl groups excluding tert-OH is 1. The van der Waals surface area contributed by atoms with Gasteiger partial charge in [0.1, 0.15) is 5.52 Å². The SMILES string of the molecule is OCC1CCCN(Cc2nc3ccccc3o2)C1. The molecule has 96 valence electrons. The molecule has 1 atom stereocenters. The summed E-state index contributed by atoms with van der Waals surface area (Å²) in [6, 6.07) is 7.84. The number of aliphatic hydroxyl groups is 1. The molecule has 0 amide bonds. The Balaban J connectivity index is 1.71. The van der Waals surface area contributed by atoms with E-state index in [2.05, 4.69) is 9.88 Å². The molecule has 4 nitrogen and oxygen atoms in total. The van der Waals surface area contributed by atoms with Crippen LogP contribution in [0.1, 0.15) is 18.7 Å². The average Bonchev–Trinajstić information content (AvgIpc) is 2.81. The molecule has 0 aliphatic carbocycles. The number of oxazole rings is 1. The lowest BCUT2D eigenvalue weighted by Crippen LogP contribution is -2.36. The second kappa shape index (κ2) is 5.08. The smallest absolute Gasteiger partial charge is 0.209 e. The van der Waals surface area contributed by atoms with Gasteiger partial charge in [0.05, 0.1) is 6.54 Å². The number of benzene rings is 1. The Morgan fingerprint density at radius 3 is 3.11 bits per heavy atom. The fraction of sp³-hybridized carbons (Fsp3) is 0.500. The van der Waals surface area contributed by atoms with Crippen LogP contribution in [0.3, 0.4) is 0 Å². The van der Waals surface area contributed by atoms with Crippen molar-refractivity contribution in [2.75, 3.05) is 19.7 Å². The fourth-order valence-electron chi connectivity index (χ4n) is 2.62. The Labute approximate surface area is 106 Å². The van der Waals surface area contributed by atoms with E-state index in [9.17, 15) is 5.11 Å². The lowest BCUT2D eigenvalue weighted by Gasteiger charge is -2.30. The zero-order chi connectivity index (χ0) is 12.4. The van der Waals surface area contributed by atoms with Gasteiger partial charge in [-0.05, 0) is 37.4 Å². The second-order valence-electron chi connectivity index (χ2n) is 5.00. The first-order valence-electron chi connectivity index (χ1n) is 6.53. The average molecular weight is 246 g/mol. The maximum atomic E-state index is 9.22. The maximum absolute atomic E-state index is 9.22. The van der Waals surface area contributed by atoms with E-state index in [0.29, 0.717) is 5.92 Å². The molecule has 2 aromatic rings. The number of fused-ring (bicyclic) bond motifs is 1. The number of para-hydroxylation sites is 2. The molecule has 1 saturated heterocycles. The van der Waals surface area contributed by atoms with Crippen LogP contribution in [0.5, 0.6) is 0 Å². The van der Waals surface area contributed by atoms with Crippen LogP contribution in [0.2, 0.25) is 0 Å². The summed E-state index contributed by atoms with van der Waals surface area (Å²) in [4.78, 5) is 6.80. The number of hydrogen-bond acceptors (Lipinski definition) is 4. The highest BCUT2D eigenvalue weighted by Crippen LogP contribution is 2.20. The van der Waals surface area contributed by atoms with Crippen LogP contribution in [0, 0.1) is 5.92 Å². The third-order valence-corrected chi connectivity index (χ3v) is 3.56. The molecular weight excluding hydrogens is 228 g/mol. The highest BCUT2D eigenvalue weighted by molar-refractivity contribution is 5.72. The summed E-state index contributed by atoms with van der Waals surface area (Å²) in [5, 5.41) is 9.22. The maximum Gasteiger partial charge on any atom is 0.209 e. The van der Waals surface area contributed by atoms with Gasteiger partial charge < -0.3 is 9.52 Å². The highest BCUT2D eigenvalue weighted by Gasteiger charge is 2.20. The number of aromatic nitrogens is 1. The van der Waals surface area contributed by atoms with Gasteiger partial charge in [-0.25, -0.2) is 4.98 Å². The second-order valence-corrected chi connectivity index (χ2v) is 5.00. The van der Waals surface area contributed by atoms with E-state index in [1.54, 1.807) is 0 Å². The molecule has 18 heavy (non-hydrogen) atoms. The van der Waals surface area contributed by atoms with E-state index in [-0.39, 0.29) is 6.61 Å². The highest BCUT2D eigenvalue weighted by atomic mass is 16.3. The fourth-order valence-corrected chi connectivity index (χ4v) is 2.62. The Morgan fingerprint density at radius 2 is 2.28 bits per heavy atom. The van der Waals surface area contributed by atoms with Crippen LogP contribution in [0.4, 0.5) is 0 Å². The Bertz CT molecular complexity index is 490. The summed E-state index contributed by atoms with van der Waals surface area (Å²) in [6.45, 7) is 3.03. The minimum Gasteiger partial charge on any atom is -0.439 e. The summed E-state index contributed by atoms with van der Waals surface area (Å²) in [6.07, 6.45) is 2.27. The van der Waals surface area contributed by atoms with Crippen molar-refractivity contribution in [3.8, 4) is 0 Å². The molecular formula is C14H18N2O2. The number of hydrogen-bond donors (Lipinski definition) is 1. The van der Waals surface area contributed by atoms with E-state index in [1.165, 1.54) is 0 Å². The van der Waals surface area contributed by atoms with Crippen LogP contribution >= 0.6 is 0 Å². The third kappa shape index (κ3) is 2.40. The molecule has 0 radical (unpaired) electrons. The van der Waals surface area contributed by atoms with Gasteiger partial charge >= 0.3 is 0 Å². The van der Waals surface area contributed by atoms with Gasteiger partial charge in [-0.2, -0.15) is 0 Å². The van der Waals surface area contributed by atoms with Crippen molar-refractivity contribution in [1.82, 2.24) is 9.88 Å². The summed E-state index contributed by atoms with van der Waals surface area (Å²) >= 11 is 0. The first-order chi connectivity index (χ1) is 8.85. The van der Waals surface area contributed by atoms with Crippen molar-refractivity contribution in [1.29, 1.82) is 0 Å². The first kappa shape index (κ1) is 11.7. The standard InChI is InChI=1S/C14H18N2O2/c17-10-11-4-3-7-16(8-11)9-14-15-12-5-1-2-6-13(12)18-14/h1-2,5-6,11,17H,3-4,7-10H2. The van der Waals surface area contributed by atoms with E-state index in [4.69, 9.17) is 4.42 Å².